The van der Waals surface area contributed by atoms with Gasteiger partial charge in [0.2, 0.25) is 5.95 Å². The second kappa shape index (κ2) is 10.5. The van der Waals surface area contributed by atoms with Gasteiger partial charge in [-0.05, 0) is 55.2 Å². The van der Waals surface area contributed by atoms with Gasteiger partial charge in [0, 0.05) is 23.7 Å². The highest BCUT2D eigenvalue weighted by atomic mass is 35.5. The molecule has 4 rings (SSSR count). The highest BCUT2D eigenvalue weighted by Crippen LogP contribution is 2.26. The third-order valence-electron chi connectivity index (χ3n) is 5.53. The number of carbonyl (C=O) groups is 1. The maximum Gasteiger partial charge on any atom is 0.354 e. The van der Waals surface area contributed by atoms with Crippen molar-refractivity contribution in [3.8, 4) is 0 Å². The minimum Gasteiger partial charge on any atom is -0.325 e. The first-order valence-corrected chi connectivity index (χ1v) is 12.5. The van der Waals surface area contributed by atoms with Crippen molar-refractivity contribution in [3.63, 3.8) is 0 Å². The average Bonchev–Trinajstić information content (AvgIpc) is 3.22. The average molecular weight is 512 g/mol. The fourth-order valence-corrected chi connectivity index (χ4v) is 4.97. The summed E-state index contributed by atoms with van der Waals surface area (Å²) in [6.45, 7) is 5.68. The van der Waals surface area contributed by atoms with Gasteiger partial charge in [-0.3, -0.25) is 4.57 Å². The summed E-state index contributed by atoms with van der Waals surface area (Å²) in [5, 5.41) is 4.78. The second-order valence-electron chi connectivity index (χ2n) is 8.60. The molecule has 0 saturated heterocycles. The lowest BCUT2D eigenvalue weighted by Crippen LogP contribution is -2.43. The molecule has 182 valence electrons. The summed E-state index contributed by atoms with van der Waals surface area (Å²) in [6.07, 6.45) is 1.13. The van der Waals surface area contributed by atoms with Gasteiger partial charge in [0.1, 0.15) is 5.78 Å². The van der Waals surface area contributed by atoms with E-state index in [2.05, 4.69) is 22.2 Å². The van der Waals surface area contributed by atoms with Crippen molar-refractivity contribution in [2.24, 2.45) is 5.92 Å². The first-order valence-electron chi connectivity index (χ1n) is 11.4. The van der Waals surface area contributed by atoms with Crippen molar-refractivity contribution >= 4 is 50.6 Å². The third kappa shape index (κ3) is 5.86. The first kappa shape index (κ1) is 24.8. The Morgan fingerprint density at radius 3 is 2.54 bits per heavy atom. The van der Waals surface area contributed by atoms with Gasteiger partial charge >= 0.3 is 11.4 Å². The Hall–Kier alpha value is -3.30. The van der Waals surface area contributed by atoms with Crippen LogP contribution in [0, 0.1) is 5.92 Å². The smallest absolute Gasteiger partial charge is 0.325 e. The number of benzene rings is 2. The topological polar surface area (TPSA) is 98.9 Å². The molecule has 4 aromatic rings. The largest absolute Gasteiger partial charge is 0.354 e. The SMILES string of the molecule is CCc1nc2ccc(Nc3nc(=O)n(C[C@H](C)CC(C)=O)c(=O)n3Cc3ccc(Cl)cc3)cc2s1. The van der Waals surface area contributed by atoms with E-state index in [-0.39, 0.29) is 37.2 Å². The molecule has 35 heavy (non-hydrogen) atoms. The Bertz CT molecular complexity index is 1490. The molecule has 0 fully saturated rings. The number of nitrogens with zero attached hydrogens (tertiary/aromatic N) is 4. The maximum absolute atomic E-state index is 13.5. The predicted octanol–water partition coefficient (Wildman–Crippen LogP) is 4.64. The predicted molar refractivity (Wildman–Crippen MR) is 140 cm³/mol. The lowest BCUT2D eigenvalue weighted by Gasteiger charge is -2.17. The quantitative estimate of drug-likeness (QED) is 0.351. The molecular formula is C25H26ClN5O3S. The summed E-state index contributed by atoms with van der Waals surface area (Å²) in [7, 11) is 0. The van der Waals surface area contributed by atoms with E-state index in [1.807, 2.05) is 37.3 Å². The van der Waals surface area contributed by atoms with E-state index in [1.165, 1.54) is 11.5 Å². The Morgan fingerprint density at radius 1 is 1.11 bits per heavy atom. The van der Waals surface area contributed by atoms with Crippen molar-refractivity contribution in [3.05, 3.63) is 79.0 Å². The van der Waals surface area contributed by atoms with Gasteiger partial charge in [-0.25, -0.2) is 19.1 Å². The lowest BCUT2D eigenvalue weighted by molar-refractivity contribution is -0.117. The summed E-state index contributed by atoms with van der Waals surface area (Å²) >= 11 is 7.62. The molecule has 0 aliphatic rings. The van der Waals surface area contributed by atoms with E-state index in [9.17, 15) is 14.4 Å². The summed E-state index contributed by atoms with van der Waals surface area (Å²) < 4.78 is 3.53. The number of hydrogen-bond donors (Lipinski definition) is 1. The van der Waals surface area contributed by atoms with Crippen LogP contribution in [0.3, 0.4) is 0 Å². The van der Waals surface area contributed by atoms with Crippen LogP contribution in [-0.2, 0) is 24.3 Å². The summed E-state index contributed by atoms with van der Waals surface area (Å²) in [5.41, 5.74) is 1.27. The van der Waals surface area contributed by atoms with Crippen LogP contribution >= 0.6 is 22.9 Å². The molecule has 0 aliphatic carbocycles. The van der Waals surface area contributed by atoms with E-state index >= 15 is 0 Å². The van der Waals surface area contributed by atoms with Gasteiger partial charge in [-0.15, -0.1) is 11.3 Å². The highest BCUT2D eigenvalue weighted by molar-refractivity contribution is 7.18. The first-order chi connectivity index (χ1) is 16.7. The zero-order chi connectivity index (χ0) is 25.1. The van der Waals surface area contributed by atoms with Crippen molar-refractivity contribution in [2.75, 3.05) is 5.32 Å². The van der Waals surface area contributed by atoms with Gasteiger partial charge < -0.3 is 10.1 Å². The minimum atomic E-state index is -0.660. The molecule has 0 amide bonds. The van der Waals surface area contributed by atoms with Crippen LogP contribution in [0.15, 0.2) is 52.1 Å². The zero-order valence-electron chi connectivity index (χ0n) is 19.7. The summed E-state index contributed by atoms with van der Waals surface area (Å²) in [5.74, 6) is -0.0306. The summed E-state index contributed by atoms with van der Waals surface area (Å²) in [6, 6.07) is 12.8. The zero-order valence-corrected chi connectivity index (χ0v) is 21.3. The molecule has 0 aliphatic heterocycles. The van der Waals surface area contributed by atoms with Crippen LogP contribution in [0.2, 0.25) is 5.02 Å². The number of rotatable bonds is 9. The molecule has 1 atom stereocenters. The molecule has 2 aromatic carbocycles. The van der Waals surface area contributed by atoms with Crippen molar-refractivity contribution in [1.82, 2.24) is 19.1 Å². The number of aromatic nitrogens is 4. The van der Waals surface area contributed by atoms with E-state index in [4.69, 9.17) is 11.6 Å². The molecule has 0 bridgehead atoms. The van der Waals surface area contributed by atoms with Gasteiger partial charge in [-0.1, -0.05) is 37.6 Å². The van der Waals surface area contributed by atoms with Crippen molar-refractivity contribution < 1.29 is 4.79 Å². The lowest BCUT2D eigenvalue weighted by atomic mass is 10.1. The van der Waals surface area contributed by atoms with Crippen molar-refractivity contribution in [1.29, 1.82) is 0 Å². The molecular weight excluding hydrogens is 486 g/mol. The van der Waals surface area contributed by atoms with Crippen LogP contribution in [0.4, 0.5) is 11.6 Å². The normalized spacial score (nSPS) is 12.1. The summed E-state index contributed by atoms with van der Waals surface area (Å²) in [4.78, 5) is 46.6. The van der Waals surface area contributed by atoms with E-state index < -0.39 is 11.4 Å². The Kier molecular flexibility index (Phi) is 7.47. The molecule has 0 saturated carbocycles. The number of nitrogens with one attached hydrogen (secondary N) is 1. The number of aryl methyl sites for hydroxylation is 1. The minimum absolute atomic E-state index is 0.00275. The number of carbonyl (C=O) groups excluding carboxylic acids is 1. The number of anilines is 2. The highest BCUT2D eigenvalue weighted by Gasteiger charge is 2.17. The molecule has 10 heteroatoms. The van der Waals surface area contributed by atoms with Gasteiger partial charge in [-0.2, -0.15) is 4.98 Å². The van der Waals surface area contributed by atoms with E-state index in [0.717, 1.165) is 31.8 Å². The van der Waals surface area contributed by atoms with E-state index in [1.54, 1.807) is 23.5 Å². The number of halogens is 1. The number of fused-ring (bicyclic) bond motifs is 1. The monoisotopic (exact) mass is 511 g/mol. The number of thiazole rings is 1. The Labute approximate surface area is 211 Å². The molecule has 2 aromatic heterocycles. The maximum atomic E-state index is 13.5. The van der Waals surface area contributed by atoms with Crippen LogP contribution < -0.4 is 16.7 Å². The molecule has 8 nitrogen and oxygen atoms in total. The van der Waals surface area contributed by atoms with Gasteiger partial charge in [0.25, 0.3) is 0 Å². The van der Waals surface area contributed by atoms with Crippen LogP contribution in [0.1, 0.15) is 37.8 Å². The Morgan fingerprint density at radius 2 is 1.86 bits per heavy atom. The number of hydrogen-bond acceptors (Lipinski definition) is 7. The molecule has 1 N–H and O–H groups in total. The standard InChI is InChI=1S/C25H26ClN5O3S/c1-4-22-28-20-10-9-19(12-21(20)35-22)27-23-29-24(33)31(13-15(2)11-16(3)32)25(34)30(23)14-17-5-7-18(26)8-6-17/h5-10,12,15H,4,11,13-14H2,1-3H3,(H,27,29,33)/t15-/m1/s1. The number of Topliss-reactive ketones (excluding diaryl/α,β-unsaturated/α-hetero) is 1. The van der Waals surface area contributed by atoms with Gasteiger partial charge in [0.05, 0.1) is 21.8 Å². The molecule has 0 unspecified atom stereocenters. The number of ketones is 1. The molecule has 2 heterocycles. The van der Waals surface area contributed by atoms with Crippen LogP contribution in [0.25, 0.3) is 10.2 Å². The fraction of sp³-hybridized carbons (Fsp3) is 0.320. The van der Waals surface area contributed by atoms with Crippen molar-refractivity contribution in [2.45, 2.75) is 46.7 Å². The van der Waals surface area contributed by atoms with Gasteiger partial charge in [0.15, 0.2) is 0 Å². The molecule has 0 radical (unpaired) electrons. The van der Waals surface area contributed by atoms with Crippen LogP contribution in [-0.4, -0.2) is 24.9 Å². The fourth-order valence-electron chi connectivity index (χ4n) is 3.89. The second-order valence-corrected chi connectivity index (χ2v) is 10.2. The third-order valence-corrected chi connectivity index (χ3v) is 6.94. The Balaban J connectivity index is 1.75. The van der Waals surface area contributed by atoms with E-state index in [0.29, 0.717) is 10.7 Å². The molecule has 0 spiro atoms. The van der Waals surface area contributed by atoms with Crippen LogP contribution in [0.5, 0.6) is 0 Å².